The summed E-state index contributed by atoms with van der Waals surface area (Å²) in [5.41, 5.74) is 0.884. The van der Waals surface area contributed by atoms with Gasteiger partial charge in [0.15, 0.2) is 0 Å². The van der Waals surface area contributed by atoms with Crippen molar-refractivity contribution in [1.82, 2.24) is 15.1 Å². The van der Waals surface area contributed by atoms with E-state index in [9.17, 15) is 9.90 Å². The smallest absolute Gasteiger partial charge is 0.234 e. The number of aromatic hydroxyl groups is 1. The number of anilines is 1. The molecule has 6 heteroatoms. The van der Waals surface area contributed by atoms with E-state index in [-0.39, 0.29) is 5.91 Å². The average molecular weight is 346 g/mol. The van der Waals surface area contributed by atoms with Crippen LogP contribution in [0.15, 0.2) is 24.3 Å². The van der Waals surface area contributed by atoms with Crippen molar-refractivity contribution in [2.45, 2.75) is 25.8 Å². The number of phenols is 1. The Hall–Kier alpha value is -1.79. The van der Waals surface area contributed by atoms with Crippen molar-refractivity contribution in [3.63, 3.8) is 0 Å². The van der Waals surface area contributed by atoms with Crippen LogP contribution >= 0.6 is 0 Å². The predicted octanol–water partition coefficient (Wildman–Crippen LogP) is 1.11. The highest BCUT2D eigenvalue weighted by Gasteiger charge is 2.23. The Kier molecular flexibility index (Phi) is 6.15. The van der Waals surface area contributed by atoms with Gasteiger partial charge in [0.25, 0.3) is 0 Å². The Morgan fingerprint density at radius 3 is 2.40 bits per heavy atom. The fourth-order valence-electron chi connectivity index (χ4n) is 3.75. The van der Waals surface area contributed by atoms with Crippen LogP contribution in [0.5, 0.6) is 5.75 Å². The van der Waals surface area contributed by atoms with E-state index in [2.05, 4.69) is 26.9 Å². The van der Waals surface area contributed by atoms with Gasteiger partial charge in [-0.3, -0.25) is 9.69 Å². The number of nitrogens with zero attached hydrogens (tertiary/aromatic N) is 3. The van der Waals surface area contributed by atoms with Crippen LogP contribution in [0.1, 0.15) is 19.8 Å². The Bertz CT molecular complexity index is 564. The van der Waals surface area contributed by atoms with Crippen LogP contribution in [0.25, 0.3) is 0 Å². The Balaban J connectivity index is 1.40. The lowest BCUT2D eigenvalue weighted by atomic mass is 10.1. The minimum Gasteiger partial charge on any atom is -0.506 e. The van der Waals surface area contributed by atoms with E-state index in [0.29, 0.717) is 18.3 Å². The standard InChI is InChI=1S/C19H30N4O2/c1-2-21-9-7-16(8-10-21)20-19(25)15-22-11-13-23(14-12-22)17-5-3-4-6-18(17)24/h3-6,16,24H,2,7-15H2,1H3,(H,20,25). The van der Waals surface area contributed by atoms with Gasteiger partial charge in [0.05, 0.1) is 12.2 Å². The molecule has 2 aliphatic heterocycles. The fourth-order valence-corrected chi connectivity index (χ4v) is 3.75. The minimum absolute atomic E-state index is 0.144. The first-order chi connectivity index (χ1) is 12.2. The lowest BCUT2D eigenvalue weighted by molar-refractivity contribution is -0.123. The third-order valence-corrected chi connectivity index (χ3v) is 5.36. The lowest BCUT2D eigenvalue weighted by Crippen LogP contribution is -2.51. The number of hydrogen-bond donors (Lipinski definition) is 2. The number of amides is 1. The fraction of sp³-hybridized carbons (Fsp3) is 0.632. The van der Waals surface area contributed by atoms with E-state index in [1.807, 2.05) is 18.2 Å². The molecule has 25 heavy (non-hydrogen) atoms. The maximum Gasteiger partial charge on any atom is 0.234 e. The highest BCUT2D eigenvalue weighted by molar-refractivity contribution is 5.78. The molecule has 2 N–H and O–H groups in total. The molecule has 0 spiro atoms. The molecule has 0 saturated carbocycles. The molecule has 2 aliphatic rings. The van der Waals surface area contributed by atoms with Crippen LogP contribution < -0.4 is 10.2 Å². The normalized spacial score (nSPS) is 20.6. The average Bonchev–Trinajstić information content (AvgIpc) is 2.63. The van der Waals surface area contributed by atoms with Gasteiger partial charge in [-0.15, -0.1) is 0 Å². The number of phenolic OH excluding ortho intramolecular Hbond substituents is 1. The van der Waals surface area contributed by atoms with Gasteiger partial charge in [0.2, 0.25) is 5.91 Å². The lowest BCUT2D eigenvalue weighted by Gasteiger charge is -2.36. The van der Waals surface area contributed by atoms with E-state index >= 15 is 0 Å². The number of benzene rings is 1. The molecule has 6 nitrogen and oxygen atoms in total. The second kappa shape index (κ2) is 8.54. The summed E-state index contributed by atoms with van der Waals surface area (Å²) in [6.07, 6.45) is 2.11. The van der Waals surface area contributed by atoms with Gasteiger partial charge in [0.1, 0.15) is 5.75 Å². The van der Waals surface area contributed by atoms with Crippen molar-refractivity contribution in [2.24, 2.45) is 0 Å². The first-order valence-electron chi connectivity index (χ1n) is 9.42. The molecule has 0 atom stereocenters. The predicted molar refractivity (Wildman–Crippen MR) is 100 cm³/mol. The van der Waals surface area contributed by atoms with Gasteiger partial charge in [-0.05, 0) is 31.5 Å². The summed E-state index contributed by atoms with van der Waals surface area (Å²) in [5, 5.41) is 13.2. The quantitative estimate of drug-likeness (QED) is 0.837. The molecule has 0 radical (unpaired) electrons. The second-order valence-electron chi connectivity index (χ2n) is 7.03. The van der Waals surface area contributed by atoms with Gasteiger partial charge in [-0.25, -0.2) is 0 Å². The van der Waals surface area contributed by atoms with Crippen molar-refractivity contribution in [1.29, 1.82) is 0 Å². The van der Waals surface area contributed by atoms with E-state index < -0.39 is 0 Å². The van der Waals surface area contributed by atoms with Crippen LogP contribution in [-0.4, -0.2) is 79.2 Å². The number of para-hydroxylation sites is 2. The van der Waals surface area contributed by atoms with Gasteiger partial charge < -0.3 is 20.2 Å². The topological polar surface area (TPSA) is 59.1 Å². The number of nitrogens with one attached hydrogen (secondary N) is 1. The first-order valence-corrected chi connectivity index (χ1v) is 9.42. The van der Waals surface area contributed by atoms with Gasteiger partial charge in [-0.1, -0.05) is 19.1 Å². The van der Waals surface area contributed by atoms with Crippen molar-refractivity contribution >= 4 is 11.6 Å². The molecule has 0 bridgehead atoms. The van der Waals surface area contributed by atoms with Gasteiger partial charge in [0, 0.05) is 45.3 Å². The van der Waals surface area contributed by atoms with Crippen LogP contribution in [0.4, 0.5) is 5.69 Å². The summed E-state index contributed by atoms with van der Waals surface area (Å²) in [4.78, 5) is 19.1. The second-order valence-corrected chi connectivity index (χ2v) is 7.03. The number of rotatable bonds is 5. The third-order valence-electron chi connectivity index (χ3n) is 5.36. The molecule has 1 aromatic rings. The van der Waals surface area contributed by atoms with Gasteiger partial charge >= 0.3 is 0 Å². The number of piperazine rings is 1. The molecule has 0 aromatic heterocycles. The summed E-state index contributed by atoms with van der Waals surface area (Å²) in [7, 11) is 0. The zero-order valence-electron chi connectivity index (χ0n) is 15.2. The number of likely N-dealkylation sites (tertiary alicyclic amines) is 1. The van der Waals surface area contributed by atoms with Crippen LogP contribution in [0.2, 0.25) is 0 Å². The highest BCUT2D eigenvalue weighted by atomic mass is 16.3. The van der Waals surface area contributed by atoms with E-state index in [1.165, 1.54) is 0 Å². The molecule has 3 rings (SSSR count). The number of hydrogen-bond acceptors (Lipinski definition) is 5. The summed E-state index contributed by atoms with van der Waals surface area (Å²) in [6.45, 7) is 9.28. The molecule has 2 heterocycles. The summed E-state index contributed by atoms with van der Waals surface area (Å²) < 4.78 is 0. The van der Waals surface area contributed by atoms with E-state index in [4.69, 9.17) is 0 Å². The largest absolute Gasteiger partial charge is 0.506 e. The zero-order chi connectivity index (χ0) is 17.6. The van der Waals surface area contributed by atoms with Crippen LogP contribution in [-0.2, 0) is 4.79 Å². The molecule has 0 aliphatic carbocycles. The monoisotopic (exact) mass is 346 g/mol. The number of carbonyl (C=O) groups is 1. The third kappa shape index (κ3) is 4.86. The Morgan fingerprint density at radius 2 is 1.76 bits per heavy atom. The molecule has 2 fully saturated rings. The molecule has 138 valence electrons. The highest BCUT2D eigenvalue weighted by Crippen LogP contribution is 2.27. The zero-order valence-corrected chi connectivity index (χ0v) is 15.2. The molecule has 1 aromatic carbocycles. The maximum atomic E-state index is 12.3. The Morgan fingerprint density at radius 1 is 1.08 bits per heavy atom. The van der Waals surface area contributed by atoms with Crippen LogP contribution in [0.3, 0.4) is 0 Å². The minimum atomic E-state index is 0.144. The SMILES string of the molecule is CCN1CCC(NC(=O)CN2CCN(c3ccccc3O)CC2)CC1. The number of piperidine rings is 1. The molecule has 1 amide bonds. The summed E-state index contributed by atoms with van der Waals surface area (Å²) in [6, 6.07) is 7.78. The molecule has 2 saturated heterocycles. The summed E-state index contributed by atoms with van der Waals surface area (Å²) in [5.74, 6) is 0.470. The summed E-state index contributed by atoms with van der Waals surface area (Å²) >= 11 is 0. The molecular weight excluding hydrogens is 316 g/mol. The van der Waals surface area contributed by atoms with Crippen molar-refractivity contribution < 1.29 is 9.90 Å². The van der Waals surface area contributed by atoms with E-state index in [0.717, 1.165) is 64.3 Å². The van der Waals surface area contributed by atoms with Gasteiger partial charge in [-0.2, -0.15) is 0 Å². The van der Waals surface area contributed by atoms with Crippen LogP contribution in [0, 0.1) is 0 Å². The number of carbonyl (C=O) groups excluding carboxylic acids is 1. The maximum absolute atomic E-state index is 12.3. The molecule has 0 unspecified atom stereocenters. The van der Waals surface area contributed by atoms with E-state index in [1.54, 1.807) is 6.07 Å². The molecular formula is C19H30N4O2. The van der Waals surface area contributed by atoms with Crippen molar-refractivity contribution in [2.75, 3.05) is 57.3 Å². The van der Waals surface area contributed by atoms with Crippen molar-refractivity contribution in [3.05, 3.63) is 24.3 Å². The Labute approximate surface area is 150 Å². The van der Waals surface area contributed by atoms with Crippen molar-refractivity contribution in [3.8, 4) is 5.75 Å². The first kappa shape index (κ1) is 18.0.